The molecule has 0 aliphatic carbocycles. The summed E-state index contributed by atoms with van der Waals surface area (Å²) in [4.78, 5) is 46.3. The summed E-state index contributed by atoms with van der Waals surface area (Å²) in [6.07, 6.45) is 0.772. The predicted octanol–water partition coefficient (Wildman–Crippen LogP) is 0.254. The van der Waals surface area contributed by atoms with Gasteiger partial charge in [0, 0.05) is 18.5 Å². The Kier molecular flexibility index (Phi) is 10.8. The summed E-state index contributed by atoms with van der Waals surface area (Å²) in [5.41, 5.74) is 29.7. The number of hydrogen-bond donors (Lipinski definition) is 7. The second-order valence-electron chi connectivity index (χ2n) is 10.2. The van der Waals surface area contributed by atoms with Crippen LogP contribution in [-0.2, 0) is 21.4 Å². The van der Waals surface area contributed by atoms with Crippen LogP contribution in [0.4, 0.5) is 5.69 Å². The molecule has 0 fully saturated rings. The van der Waals surface area contributed by atoms with Gasteiger partial charge in [0.2, 0.25) is 11.8 Å². The number of carbonyl (C=O) groups excluding carboxylic acids is 3. The summed E-state index contributed by atoms with van der Waals surface area (Å²) in [5, 5.41) is 5.44. The third kappa shape index (κ3) is 10.3. The number of guanidine groups is 2. The number of benzene rings is 2. The SMILES string of the molecule is CC(C)(C)c1ccc(C(=O)N[C@@H](Cc2ccc(N=C(N)N)cc2)C(=O)N[C@@H](CCCN=C(N)N)C(N)=O)cc1. The topological polar surface area (TPSA) is 230 Å². The van der Waals surface area contributed by atoms with E-state index in [1.807, 2.05) is 12.1 Å². The molecule has 12 N–H and O–H groups in total. The zero-order valence-corrected chi connectivity index (χ0v) is 22.6. The number of aliphatic imine (C=N–C) groups is 2. The first-order valence-corrected chi connectivity index (χ1v) is 12.5. The normalized spacial score (nSPS) is 12.5. The Morgan fingerprint density at radius 1 is 0.821 bits per heavy atom. The van der Waals surface area contributed by atoms with E-state index in [0.29, 0.717) is 17.7 Å². The third-order valence-electron chi connectivity index (χ3n) is 5.87. The molecular formula is C27H39N9O3. The lowest BCUT2D eigenvalue weighted by atomic mass is 9.86. The number of nitrogens with two attached hydrogens (primary N) is 5. The molecule has 3 amide bonds. The van der Waals surface area contributed by atoms with Crippen LogP contribution in [0.5, 0.6) is 0 Å². The van der Waals surface area contributed by atoms with Crippen LogP contribution in [0.2, 0.25) is 0 Å². The minimum absolute atomic E-state index is 0.0705. The highest BCUT2D eigenvalue weighted by atomic mass is 16.2. The number of amides is 3. The van der Waals surface area contributed by atoms with E-state index in [1.165, 1.54) is 0 Å². The van der Waals surface area contributed by atoms with Crippen LogP contribution >= 0.6 is 0 Å². The Bertz CT molecular complexity index is 1190. The molecule has 210 valence electrons. The molecule has 12 heteroatoms. The summed E-state index contributed by atoms with van der Waals surface area (Å²) in [7, 11) is 0. The van der Waals surface area contributed by atoms with Crippen molar-refractivity contribution < 1.29 is 14.4 Å². The van der Waals surface area contributed by atoms with E-state index < -0.39 is 29.8 Å². The maximum Gasteiger partial charge on any atom is 0.251 e. The van der Waals surface area contributed by atoms with Gasteiger partial charge in [0.1, 0.15) is 12.1 Å². The van der Waals surface area contributed by atoms with Crippen molar-refractivity contribution in [1.82, 2.24) is 10.6 Å². The molecule has 2 rings (SSSR count). The molecule has 0 saturated heterocycles. The molecule has 0 saturated carbocycles. The summed E-state index contributed by atoms with van der Waals surface area (Å²) in [5.74, 6) is -1.86. The van der Waals surface area contributed by atoms with Gasteiger partial charge in [-0.1, -0.05) is 45.0 Å². The molecule has 0 aliphatic heterocycles. The first kappa shape index (κ1) is 30.6. The van der Waals surface area contributed by atoms with Gasteiger partial charge in [-0.25, -0.2) is 4.99 Å². The standard InChI is InChI=1S/C27H39N9O3/c1-27(2,3)18-10-8-17(9-11-18)23(38)36-21(15-16-6-12-19(13-7-16)34-26(31)32)24(39)35-20(22(28)37)5-4-14-33-25(29)30/h6-13,20-21H,4-5,14-15H2,1-3H3,(H2,28,37)(H,35,39)(H,36,38)(H4,29,30,33)(H4,31,32,34)/t20-,21-/m0/s1. The van der Waals surface area contributed by atoms with E-state index in [0.717, 1.165) is 11.1 Å². The molecule has 0 spiro atoms. The summed E-state index contributed by atoms with van der Waals surface area (Å²) in [6.45, 7) is 6.50. The smallest absolute Gasteiger partial charge is 0.251 e. The molecule has 39 heavy (non-hydrogen) atoms. The fourth-order valence-corrected chi connectivity index (χ4v) is 3.73. The second kappa shape index (κ2) is 13.8. The quantitative estimate of drug-likeness (QED) is 0.113. The number of nitrogens with one attached hydrogen (secondary N) is 2. The maximum absolute atomic E-state index is 13.3. The lowest BCUT2D eigenvalue weighted by Crippen LogP contribution is -2.53. The van der Waals surface area contributed by atoms with Gasteiger partial charge in [-0.2, -0.15) is 0 Å². The van der Waals surface area contributed by atoms with Gasteiger partial charge in [-0.05, 0) is 53.6 Å². The minimum atomic E-state index is -1.01. The number of nitrogens with zero attached hydrogens (tertiary/aromatic N) is 2. The van der Waals surface area contributed by atoms with E-state index in [9.17, 15) is 14.4 Å². The summed E-state index contributed by atoms with van der Waals surface area (Å²) < 4.78 is 0. The van der Waals surface area contributed by atoms with Crippen LogP contribution in [0.15, 0.2) is 58.5 Å². The van der Waals surface area contributed by atoms with Crippen molar-refractivity contribution in [3.05, 3.63) is 65.2 Å². The van der Waals surface area contributed by atoms with Gasteiger partial charge >= 0.3 is 0 Å². The fraction of sp³-hybridized carbons (Fsp3) is 0.370. The van der Waals surface area contributed by atoms with E-state index in [-0.39, 0.29) is 36.7 Å². The van der Waals surface area contributed by atoms with Crippen LogP contribution in [0.1, 0.15) is 55.1 Å². The maximum atomic E-state index is 13.3. The first-order chi connectivity index (χ1) is 18.3. The molecule has 2 atom stereocenters. The van der Waals surface area contributed by atoms with Crippen molar-refractivity contribution in [3.63, 3.8) is 0 Å². The number of rotatable bonds is 12. The molecule has 0 aromatic heterocycles. The highest BCUT2D eigenvalue weighted by molar-refractivity contribution is 5.98. The van der Waals surface area contributed by atoms with Crippen LogP contribution in [0, 0.1) is 0 Å². The van der Waals surface area contributed by atoms with E-state index in [2.05, 4.69) is 41.4 Å². The molecule has 0 bridgehead atoms. The Morgan fingerprint density at radius 3 is 1.95 bits per heavy atom. The molecule has 2 aromatic rings. The number of primary amides is 1. The Balaban J connectivity index is 2.24. The van der Waals surface area contributed by atoms with Gasteiger partial charge < -0.3 is 39.3 Å². The van der Waals surface area contributed by atoms with Crippen LogP contribution < -0.4 is 39.3 Å². The highest BCUT2D eigenvalue weighted by Gasteiger charge is 2.26. The molecule has 0 radical (unpaired) electrons. The summed E-state index contributed by atoms with van der Waals surface area (Å²) >= 11 is 0. The average Bonchev–Trinajstić information content (AvgIpc) is 2.85. The minimum Gasteiger partial charge on any atom is -0.370 e. The molecule has 0 aliphatic rings. The van der Waals surface area contributed by atoms with Crippen molar-refractivity contribution in [2.24, 2.45) is 38.7 Å². The lowest BCUT2D eigenvalue weighted by molar-refractivity contribution is -0.128. The molecule has 12 nitrogen and oxygen atoms in total. The van der Waals surface area contributed by atoms with E-state index in [4.69, 9.17) is 28.7 Å². The number of hydrogen-bond acceptors (Lipinski definition) is 5. The van der Waals surface area contributed by atoms with Gasteiger partial charge in [0.25, 0.3) is 5.91 Å². The Hall–Kier alpha value is -4.61. The number of carbonyl (C=O) groups is 3. The van der Waals surface area contributed by atoms with Gasteiger partial charge in [-0.3, -0.25) is 19.4 Å². The third-order valence-corrected chi connectivity index (χ3v) is 5.87. The van der Waals surface area contributed by atoms with Gasteiger partial charge in [-0.15, -0.1) is 0 Å². The van der Waals surface area contributed by atoms with Crippen molar-refractivity contribution in [2.45, 2.75) is 57.5 Å². The summed E-state index contributed by atoms with van der Waals surface area (Å²) in [6, 6.07) is 12.1. The molecule has 0 unspecified atom stereocenters. The van der Waals surface area contributed by atoms with Crippen molar-refractivity contribution in [2.75, 3.05) is 6.54 Å². The van der Waals surface area contributed by atoms with Gasteiger partial charge in [0.05, 0.1) is 5.69 Å². The van der Waals surface area contributed by atoms with Crippen molar-refractivity contribution in [3.8, 4) is 0 Å². The Labute approximate surface area is 228 Å². The van der Waals surface area contributed by atoms with Crippen LogP contribution in [0.25, 0.3) is 0 Å². The molecular weight excluding hydrogens is 498 g/mol. The van der Waals surface area contributed by atoms with Crippen LogP contribution in [0.3, 0.4) is 0 Å². The zero-order chi connectivity index (χ0) is 29.2. The largest absolute Gasteiger partial charge is 0.370 e. The Morgan fingerprint density at radius 2 is 1.44 bits per heavy atom. The van der Waals surface area contributed by atoms with E-state index in [1.54, 1.807) is 36.4 Å². The van der Waals surface area contributed by atoms with Crippen molar-refractivity contribution >= 4 is 35.3 Å². The van der Waals surface area contributed by atoms with Crippen LogP contribution in [-0.4, -0.2) is 48.3 Å². The zero-order valence-electron chi connectivity index (χ0n) is 22.6. The monoisotopic (exact) mass is 537 g/mol. The van der Waals surface area contributed by atoms with E-state index >= 15 is 0 Å². The molecule has 2 aromatic carbocycles. The first-order valence-electron chi connectivity index (χ1n) is 12.5. The second-order valence-corrected chi connectivity index (χ2v) is 10.2. The highest BCUT2D eigenvalue weighted by Crippen LogP contribution is 2.22. The predicted molar refractivity (Wildman–Crippen MR) is 153 cm³/mol. The van der Waals surface area contributed by atoms with Gasteiger partial charge in [0.15, 0.2) is 11.9 Å². The molecule has 0 heterocycles. The lowest BCUT2D eigenvalue weighted by Gasteiger charge is -2.23. The average molecular weight is 538 g/mol. The fourth-order valence-electron chi connectivity index (χ4n) is 3.73. The van der Waals surface area contributed by atoms with Crippen molar-refractivity contribution in [1.29, 1.82) is 0 Å².